The number of amides is 1. The highest BCUT2D eigenvalue weighted by atomic mass is 32.1. The first-order valence-electron chi connectivity index (χ1n) is 9.90. The molecular formula is C22H23F4NO4S. The maximum atomic E-state index is 14.5. The lowest BCUT2D eigenvalue weighted by Crippen LogP contribution is -2.47. The molecule has 10 heteroatoms. The van der Waals surface area contributed by atoms with E-state index in [-0.39, 0.29) is 59.8 Å². The highest BCUT2D eigenvalue weighted by Crippen LogP contribution is 2.49. The molecule has 1 aliphatic rings. The van der Waals surface area contributed by atoms with Gasteiger partial charge in [0.1, 0.15) is 22.9 Å². The van der Waals surface area contributed by atoms with Crippen LogP contribution in [0.3, 0.4) is 0 Å². The van der Waals surface area contributed by atoms with E-state index in [1.165, 1.54) is 12.1 Å². The van der Waals surface area contributed by atoms with Crippen LogP contribution in [0.5, 0.6) is 5.75 Å². The third-order valence-electron chi connectivity index (χ3n) is 5.58. The number of aliphatic hydroxyl groups is 1. The first-order valence-corrected chi connectivity index (χ1v) is 10.7. The van der Waals surface area contributed by atoms with Gasteiger partial charge >= 0.3 is 6.18 Å². The highest BCUT2D eigenvalue weighted by Gasteiger charge is 2.64. The summed E-state index contributed by atoms with van der Waals surface area (Å²) in [6.07, 6.45) is -5.28. The van der Waals surface area contributed by atoms with Crippen LogP contribution in [0.15, 0.2) is 24.3 Å². The van der Waals surface area contributed by atoms with Crippen LogP contribution >= 0.6 is 11.3 Å². The van der Waals surface area contributed by atoms with E-state index in [9.17, 15) is 37.4 Å². The van der Waals surface area contributed by atoms with Crippen molar-refractivity contribution in [3.8, 4) is 5.75 Å². The van der Waals surface area contributed by atoms with Crippen LogP contribution in [-0.2, 0) is 23.1 Å². The number of benzene rings is 1. The molecule has 1 aromatic heterocycles. The fourth-order valence-corrected chi connectivity index (χ4v) is 4.25. The molecule has 3 N–H and O–H groups in total. The number of rotatable bonds is 8. The van der Waals surface area contributed by atoms with E-state index in [1.54, 1.807) is 13.8 Å². The van der Waals surface area contributed by atoms with Crippen molar-refractivity contribution in [3.63, 3.8) is 0 Å². The Labute approximate surface area is 186 Å². The second-order valence-electron chi connectivity index (χ2n) is 8.69. The Hall–Kier alpha value is -2.46. The van der Waals surface area contributed by atoms with Crippen molar-refractivity contribution in [1.82, 2.24) is 5.32 Å². The number of Topliss-reactive ketones (excluding diaryl/α,β-unsaturated/α-hetero) is 1. The number of hydrogen-bond donors (Lipinski definition) is 3. The molecule has 1 aromatic carbocycles. The molecule has 0 spiro atoms. The van der Waals surface area contributed by atoms with Crippen LogP contribution in [-0.4, -0.2) is 40.2 Å². The lowest BCUT2D eigenvalue weighted by molar-refractivity contribution is -0.163. The number of aliphatic hydroxyl groups excluding tert-OH is 1. The number of halogens is 4. The number of hydrogen-bond acceptors (Lipinski definition) is 5. The van der Waals surface area contributed by atoms with Crippen LogP contribution in [0, 0.1) is 5.82 Å². The summed E-state index contributed by atoms with van der Waals surface area (Å²) in [6.45, 7) is 2.96. The summed E-state index contributed by atoms with van der Waals surface area (Å²) in [5.74, 6) is -2.16. The minimum Gasteiger partial charge on any atom is -0.508 e. The topological polar surface area (TPSA) is 86.6 Å². The Morgan fingerprint density at radius 1 is 1.16 bits per heavy atom. The fourth-order valence-electron chi connectivity index (χ4n) is 3.32. The third-order valence-corrected chi connectivity index (χ3v) is 6.66. The second kappa shape index (κ2) is 8.47. The van der Waals surface area contributed by atoms with Gasteiger partial charge in [-0.2, -0.15) is 13.2 Å². The molecule has 174 valence electrons. The van der Waals surface area contributed by atoms with E-state index < -0.39 is 28.9 Å². The quantitative estimate of drug-likeness (QED) is 0.505. The molecule has 3 rings (SSSR count). The molecule has 1 saturated carbocycles. The van der Waals surface area contributed by atoms with Crippen LogP contribution < -0.4 is 5.32 Å². The van der Waals surface area contributed by atoms with Crippen molar-refractivity contribution in [2.45, 2.75) is 56.7 Å². The van der Waals surface area contributed by atoms with Crippen molar-refractivity contribution >= 4 is 23.0 Å². The number of alkyl halides is 3. The van der Waals surface area contributed by atoms with Crippen LogP contribution in [0.4, 0.5) is 17.6 Å². The fraction of sp³-hybridized carbons (Fsp3) is 0.455. The zero-order valence-electron chi connectivity index (χ0n) is 17.5. The lowest BCUT2D eigenvalue weighted by Gasteiger charge is -2.24. The minimum atomic E-state index is -4.52. The van der Waals surface area contributed by atoms with E-state index in [2.05, 4.69) is 0 Å². The van der Waals surface area contributed by atoms with Gasteiger partial charge in [0.15, 0.2) is 0 Å². The minimum absolute atomic E-state index is 0.0136. The number of carbonyl (C=O) groups is 2. The monoisotopic (exact) mass is 473 g/mol. The zero-order valence-corrected chi connectivity index (χ0v) is 18.3. The molecule has 1 aliphatic carbocycles. The van der Waals surface area contributed by atoms with E-state index in [0.717, 1.165) is 23.5 Å². The number of phenolic OH excluding ortho intramolecular Hbond substituents is 1. The molecular weight excluding hydrogens is 450 g/mol. The molecule has 1 amide bonds. The van der Waals surface area contributed by atoms with Crippen molar-refractivity contribution in [3.05, 3.63) is 51.0 Å². The lowest BCUT2D eigenvalue weighted by atomic mass is 9.84. The van der Waals surface area contributed by atoms with Gasteiger partial charge in [0.25, 0.3) is 5.91 Å². The molecule has 0 saturated heterocycles. The van der Waals surface area contributed by atoms with Gasteiger partial charge in [-0.05, 0) is 42.7 Å². The number of ketones is 1. The number of thiophene rings is 1. The Morgan fingerprint density at radius 2 is 1.81 bits per heavy atom. The van der Waals surface area contributed by atoms with E-state index >= 15 is 0 Å². The average Bonchev–Trinajstić information content (AvgIpc) is 3.34. The Balaban J connectivity index is 1.65. The van der Waals surface area contributed by atoms with Crippen molar-refractivity contribution in [1.29, 1.82) is 0 Å². The summed E-state index contributed by atoms with van der Waals surface area (Å²) >= 11 is 0.904. The average molecular weight is 473 g/mol. The van der Waals surface area contributed by atoms with Gasteiger partial charge in [-0.1, -0.05) is 13.8 Å². The van der Waals surface area contributed by atoms with Gasteiger partial charge in [0.2, 0.25) is 0 Å². The number of phenols is 1. The molecule has 0 radical (unpaired) electrons. The highest BCUT2D eigenvalue weighted by molar-refractivity contribution is 7.14. The summed E-state index contributed by atoms with van der Waals surface area (Å²) < 4.78 is 53.5. The molecule has 5 nitrogen and oxygen atoms in total. The summed E-state index contributed by atoms with van der Waals surface area (Å²) in [6, 6.07) is 5.08. The molecule has 0 unspecified atom stereocenters. The molecule has 32 heavy (non-hydrogen) atoms. The van der Waals surface area contributed by atoms with E-state index in [1.807, 2.05) is 5.32 Å². The molecule has 1 heterocycles. The normalized spacial score (nSPS) is 15.5. The first kappa shape index (κ1) is 24.2. The SMILES string of the molecule is CC(C)(CO)c1cc(F)c(CC(=O)Cc2ccc(C(=O)NC3(C(F)(F)F)CC3)s2)cc1O. The maximum absolute atomic E-state index is 14.5. The standard InChI is InChI=1S/C22H23F4NO4S/c1-20(2,11-28)15-10-16(23)12(8-17(15)30)7-13(29)9-14-3-4-18(32-14)19(31)27-21(5-6-21)22(24,25)26/h3-4,8,10,28,30H,5-7,9,11H2,1-2H3,(H,27,31). The summed E-state index contributed by atoms with van der Waals surface area (Å²) in [5, 5.41) is 21.6. The molecule has 0 bridgehead atoms. The number of nitrogens with one attached hydrogen (secondary N) is 1. The number of aromatic hydroxyl groups is 1. The molecule has 0 atom stereocenters. The number of carbonyl (C=O) groups excluding carboxylic acids is 2. The Bertz CT molecular complexity index is 1040. The van der Waals surface area contributed by atoms with E-state index in [4.69, 9.17) is 0 Å². The van der Waals surface area contributed by atoms with Gasteiger partial charge < -0.3 is 15.5 Å². The Kier molecular flexibility index (Phi) is 6.41. The Morgan fingerprint density at radius 3 is 2.38 bits per heavy atom. The molecule has 1 fully saturated rings. The van der Waals surface area contributed by atoms with Gasteiger partial charge in [-0.3, -0.25) is 9.59 Å². The summed E-state index contributed by atoms with van der Waals surface area (Å²) in [5.41, 5.74) is -2.83. The van der Waals surface area contributed by atoms with Gasteiger partial charge in [0, 0.05) is 28.7 Å². The van der Waals surface area contributed by atoms with Gasteiger partial charge in [-0.25, -0.2) is 4.39 Å². The van der Waals surface area contributed by atoms with Crippen molar-refractivity contribution in [2.75, 3.05) is 6.61 Å². The summed E-state index contributed by atoms with van der Waals surface area (Å²) in [4.78, 5) is 25.1. The smallest absolute Gasteiger partial charge is 0.411 e. The maximum Gasteiger partial charge on any atom is 0.411 e. The molecule has 2 aromatic rings. The summed E-state index contributed by atoms with van der Waals surface area (Å²) in [7, 11) is 0. The van der Waals surface area contributed by atoms with Crippen molar-refractivity contribution in [2.24, 2.45) is 0 Å². The zero-order chi connectivity index (χ0) is 23.9. The van der Waals surface area contributed by atoms with Crippen molar-refractivity contribution < 1.29 is 37.4 Å². The predicted molar refractivity (Wildman–Crippen MR) is 110 cm³/mol. The van der Waals surface area contributed by atoms with Gasteiger partial charge in [-0.15, -0.1) is 11.3 Å². The third kappa shape index (κ3) is 4.96. The van der Waals surface area contributed by atoms with Crippen LogP contribution in [0.1, 0.15) is 52.4 Å². The molecule has 0 aliphatic heterocycles. The van der Waals surface area contributed by atoms with Crippen LogP contribution in [0.2, 0.25) is 0 Å². The second-order valence-corrected chi connectivity index (χ2v) is 9.86. The van der Waals surface area contributed by atoms with Crippen LogP contribution in [0.25, 0.3) is 0 Å². The van der Waals surface area contributed by atoms with Gasteiger partial charge in [0.05, 0.1) is 11.5 Å². The van der Waals surface area contributed by atoms with E-state index in [0.29, 0.717) is 4.88 Å². The first-order chi connectivity index (χ1) is 14.8. The predicted octanol–water partition coefficient (Wildman–Crippen LogP) is 4.04. The largest absolute Gasteiger partial charge is 0.508 e.